The molecule has 4 bridgehead atoms. The molecular formula is C12H14O4. The Morgan fingerprint density at radius 2 is 2.00 bits per heavy atom. The van der Waals surface area contributed by atoms with Crippen LogP contribution in [0.15, 0.2) is 11.6 Å². The van der Waals surface area contributed by atoms with Crippen LogP contribution >= 0.6 is 0 Å². The summed E-state index contributed by atoms with van der Waals surface area (Å²) in [5.41, 5.74) is -0.616. The van der Waals surface area contributed by atoms with E-state index < -0.39 is 22.8 Å². The van der Waals surface area contributed by atoms with Gasteiger partial charge in [-0.3, -0.25) is 9.59 Å². The van der Waals surface area contributed by atoms with Crippen molar-refractivity contribution in [2.75, 3.05) is 0 Å². The maximum atomic E-state index is 11.4. The quantitative estimate of drug-likeness (QED) is 0.697. The number of carbonyl (C=O) groups is 2. The molecule has 3 atom stereocenters. The van der Waals surface area contributed by atoms with Crippen molar-refractivity contribution in [3.05, 3.63) is 11.6 Å². The fourth-order valence-corrected chi connectivity index (χ4v) is 4.12. The highest BCUT2D eigenvalue weighted by molar-refractivity contribution is 5.83. The molecule has 0 radical (unpaired) electrons. The van der Waals surface area contributed by atoms with Gasteiger partial charge in [-0.1, -0.05) is 11.6 Å². The number of carboxylic acids is 2. The first kappa shape index (κ1) is 9.87. The molecule has 4 aliphatic rings. The minimum absolute atomic E-state index is 0.259. The van der Waals surface area contributed by atoms with Gasteiger partial charge in [0.15, 0.2) is 0 Å². The third-order valence-corrected chi connectivity index (χ3v) is 4.46. The van der Waals surface area contributed by atoms with Gasteiger partial charge in [0, 0.05) is 0 Å². The average Bonchev–Trinajstić information content (AvgIpc) is 2.14. The van der Waals surface area contributed by atoms with Crippen LogP contribution in [0.1, 0.15) is 32.1 Å². The van der Waals surface area contributed by atoms with Gasteiger partial charge in [0.25, 0.3) is 0 Å². The van der Waals surface area contributed by atoms with E-state index in [1.54, 1.807) is 0 Å². The van der Waals surface area contributed by atoms with Gasteiger partial charge >= 0.3 is 11.9 Å². The Hall–Kier alpha value is -1.32. The van der Waals surface area contributed by atoms with E-state index in [4.69, 9.17) is 0 Å². The molecule has 0 aromatic carbocycles. The molecule has 0 amide bonds. The number of carboxylic acid groups (broad SMARTS) is 2. The van der Waals surface area contributed by atoms with Crippen LogP contribution in [-0.4, -0.2) is 22.2 Å². The summed E-state index contributed by atoms with van der Waals surface area (Å²) in [5.74, 6) is -1.40. The van der Waals surface area contributed by atoms with Crippen molar-refractivity contribution >= 4 is 11.9 Å². The normalized spacial score (nSPS) is 44.2. The van der Waals surface area contributed by atoms with Gasteiger partial charge in [-0.25, -0.2) is 0 Å². The molecule has 3 unspecified atom stereocenters. The molecule has 0 saturated heterocycles. The van der Waals surface area contributed by atoms with Gasteiger partial charge in [0.2, 0.25) is 0 Å². The van der Waals surface area contributed by atoms with Gasteiger partial charge in [-0.15, -0.1) is 0 Å². The molecule has 0 aliphatic heterocycles. The van der Waals surface area contributed by atoms with E-state index in [2.05, 4.69) is 0 Å². The predicted molar refractivity (Wildman–Crippen MR) is 54.8 cm³/mol. The van der Waals surface area contributed by atoms with E-state index in [9.17, 15) is 19.8 Å². The molecule has 4 nitrogen and oxygen atoms in total. The summed E-state index contributed by atoms with van der Waals surface area (Å²) in [4.78, 5) is 22.8. The molecule has 16 heavy (non-hydrogen) atoms. The molecule has 4 aliphatic carbocycles. The van der Waals surface area contributed by atoms with Crippen molar-refractivity contribution in [2.45, 2.75) is 32.1 Å². The second-order valence-electron chi connectivity index (χ2n) is 5.68. The minimum atomic E-state index is -0.882. The molecule has 2 N–H and O–H groups in total. The maximum absolute atomic E-state index is 11.4. The van der Waals surface area contributed by atoms with Crippen LogP contribution in [-0.2, 0) is 9.59 Å². The molecule has 86 valence electrons. The summed E-state index contributed by atoms with van der Waals surface area (Å²) >= 11 is 0. The van der Waals surface area contributed by atoms with Crippen LogP contribution in [0.25, 0.3) is 0 Å². The number of rotatable bonds is 2. The Bertz CT molecular complexity index is 425. The number of hydrogen-bond donors (Lipinski definition) is 2. The van der Waals surface area contributed by atoms with Crippen molar-refractivity contribution in [1.82, 2.24) is 0 Å². The van der Waals surface area contributed by atoms with Gasteiger partial charge < -0.3 is 10.2 Å². The van der Waals surface area contributed by atoms with Crippen molar-refractivity contribution in [2.24, 2.45) is 16.7 Å². The lowest BCUT2D eigenvalue weighted by Gasteiger charge is -2.54. The smallest absolute Gasteiger partial charge is 0.313 e. The van der Waals surface area contributed by atoms with Crippen LogP contribution in [0.2, 0.25) is 0 Å². The summed E-state index contributed by atoms with van der Waals surface area (Å²) in [6.07, 6.45) is 4.88. The number of aliphatic carboxylic acids is 2. The average molecular weight is 222 g/mol. The summed E-state index contributed by atoms with van der Waals surface area (Å²) in [6.45, 7) is 0. The monoisotopic (exact) mass is 222 g/mol. The number of allylic oxidation sites excluding steroid dienone is 1. The zero-order valence-electron chi connectivity index (χ0n) is 8.90. The van der Waals surface area contributed by atoms with Crippen LogP contribution < -0.4 is 0 Å². The van der Waals surface area contributed by atoms with E-state index in [0.717, 1.165) is 12.0 Å². The first-order valence-electron chi connectivity index (χ1n) is 5.63. The Kier molecular flexibility index (Phi) is 1.65. The zero-order chi connectivity index (χ0) is 11.6. The summed E-state index contributed by atoms with van der Waals surface area (Å²) in [5, 5.41) is 18.7. The zero-order valence-corrected chi connectivity index (χ0v) is 8.90. The largest absolute Gasteiger partial charge is 0.481 e. The predicted octanol–water partition coefficient (Wildman–Crippen LogP) is 1.66. The molecule has 2 saturated carbocycles. The third-order valence-electron chi connectivity index (χ3n) is 4.46. The SMILES string of the molecule is O=C(O)C12C=C3CC(C1)CC(C(=O)O)(C3)C2. The van der Waals surface area contributed by atoms with Crippen LogP contribution in [0.5, 0.6) is 0 Å². The van der Waals surface area contributed by atoms with E-state index in [1.807, 2.05) is 6.08 Å². The Labute approximate surface area is 93.0 Å². The fraction of sp³-hybridized carbons (Fsp3) is 0.667. The second kappa shape index (κ2) is 2.67. The highest BCUT2D eigenvalue weighted by Crippen LogP contribution is 2.62. The van der Waals surface area contributed by atoms with E-state index in [-0.39, 0.29) is 12.3 Å². The van der Waals surface area contributed by atoms with Crippen LogP contribution in [0.4, 0.5) is 0 Å². The third kappa shape index (κ3) is 1.05. The van der Waals surface area contributed by atoms with Crippen LogP contribution in [0.3, 0.4) is 0 Å². The number of hydrogen-bond acceptors (Lipinski definition) is 2. The van der Waals surface area contributed by atoms with Gasteiger partial charge in [-0.05, 0) is 38.0 Å². The lowest BCUT2D eigenvalue weighted by Crippen LogP contribution is -2.53. The second-order valence-corrected chi connectivity index (χ2v) is 5.68. The molecule has 4 rings (SSSR count). The molecule has 0 spiro atoms. The van der Waals surface area contributed by atoms with Gasteiger partial charge in [-0.2, -0.15) is 0 Å². The first-order valence-corrected chi connectivity index (χ1v) is 5.63. The fourth-order valence-electron chi connectivity index (χ4n) is 4.12. The Morgan fingerprint density at radius 1 is 1.25 bits per heavy atom. The lowest BCUT2D eigenvalue weighted by molar-refractivity contribution is -0.166. The van der Waals surface area contributed by atoms with Crippen molar-refractivity contribution < 1.29 is 19.8 Å². The van der Waals surface area contributed by atoms with Gasteiger partial charge in [0.1, 0.15) is 0 Å². The highest BCUT2D eigenvalue weighted by atomic mass is 16.4. The van der Waals surface area contributed by atoms with Crippen LogP contribution in [0, 0.1) is 16.7 Å². The standard InChI is InChI=1S/C12H14O4/c13-9(14)11-2-7-1-8(4-11)5-12(3-7,6-11)10(15)16/h2,8H,1,3-6H2,(H,13,14)(H,15,16). The Balaban J connectivity index is 2.11. The minimum Gasteiger partial charge on any atom is -0.481 e. The summed E-state index contributed by atoms with van der Waals surface area (Å²) < 4.78 is 0. The molecule has 0 aromatic rings. The van der Waals surface area contributed by atoms with Crippen molar-refractivity contribution in [3.8, 4) is 0 Å². The molecule has 4 heteroatoms. The van der Waals surface area contributed by atoms with E-state index in [0.29, 0.717) is 19.3 Å². The van der Waals surface area contributed by atoms with Gasteiger partial charge in [0.05, 0.1) is 10.8 Å². The maximum Gasteiger partial charge on any atom is 0.313 e. The highest BCUT2D eigenvalue weighted by Gasteiger charge is 2.60. The van der Waals surface area contributed by atoms with E-state index >= 15 is 0 Å². The van der Waals surface area contributed by atoms with Crippen molar-refractivity contribution in [3.63, 3.8) is 0 Å². The summed E-state index contributed by atoms with van der Waals surface area (Å²) in [7, 11) is 0. The van der Waals surface area contributed by atoms with E-state index in [1.165, 1.54) is 0 Å². The molecule has 2 fully saturated rings. The molecular weight excluding hydrogens is 208 g/mol. The first-order chi connectivity index (χ1) is 7.46. The topological polar surface area (TPSA) is 74.6 Å². The molecule has 0 aromatic heterocycles. The Morgan fingerprint density at radius 3 is 2.56 bits per heavy atom. The molecule has 0 heterocycles. The summed E-state index contributed by atoms with van der Waals surface area (Å²) in [6, 6.07) is 0. The lowest BCUT2D eigenvalue weighted by atomic mass is 9.48. The van der Waals surface area contributed by atoms with Crippen molar-refractivity contribution in [1.29, 1.82) is 0 Å².